The molecule has 0 spiro atoms. The van der Waals surface area contributed by atoms with Crippen molar-refractivity contribution in [1.82, 2.24) is 9.55 Å². The summed E-state index contributed by atoms with van der Waals surface area (Å²) >= 11 is 2.61. The fourth-order valence-electron chi connectivity index (χ4n) is 4.83. The maximum absolute atomic E-state index is 13.4. The maximum Gasteiger partial charge on any atom is 0.416 e. The van der Waals surface area contributed by atoms with Gasteiger partial charge in [-0.2, -0.15) is 13.2 Å². The fourth-order valence-corrected chi connectivity index (χ4v) is 6.94. The number of alkyl halides is 3. The number of halogens is 3. The van der Waals surface area contributed by atoms with E-state index in [-0.39, 0.29) is 23.5 Å². The van der Waals surface area contributed by atoms with Gasteiger partial charge in [0.05, 0.1) is 41.3 Å². The van der Waals surface area contributed by atoms with Crippen LogP contribution >= 0.6 is 23.1 Å². The Bertz CT molecular complexity index is 1430. The number of amides is 1. The molecule has 2 aromatic heterocycles. The molecule has 7 nitrogen and oxygen atoms in total. The van der Waals surface area contributed by atoms with E-state index in [1.165, 1.54) is 26.8 Å². The standard InChI is InChI=1S/C26H27F3N4O3S2/c1-2-9-33-24(35)22-17-5-3-4-6-20(17)38-23(22)31-25(33)37-15-21(34)30-18-14-16(26(27,28)29)7-8-19(18)32-10-12-36-13-11-32/h2,7-8,14H,1,3-6,9-13,15H2,(H,30,34). The second-order valence-corrected chi connectivity index (χ2v) is 11.2. The lowest BCUT2D eigenvalue weighted by Crippen LogP contribution is -2.37. The van der Waals surface area contributed by atoms with E-state index < -0.39 is 17.6 Å². The van der Waals surface area contributed by atoms with Gasteiger partial charge < -0.3 is 15.0 Å². The fraction of sp³-hybridized carbons (Fsp3) is 0.423. The lowest BCUT2D eigenvalue weighted by molar-refractivity contribution is -0.137. The topological polar surface area (TPSA) is 76.5 Å². The Morgan fingerprint density at radius 1 is 1.24 bits per heavy atom. The number of aromatic nitrogens is 2. The minimum atomic E-state index is -4.54. The number of thioether (sulfide) groups is 1. The molecule has 2 aliphatic rings. The van der Waals surface area contributed by atoms with Crippen molar-refractivity contribution in [2.24, 2.45) is 0 Å². The summed E-state index contributed by atoms with van der Waals surface area (Å²) in [5, 5.41) is 3.69. The molecule has 1 fully saturated rings. The third-order valence-electron chi connectivity index (χ3n) is 6.63. The van der Waals surface area contributed by atoms with Gasteiger partial charge in [-0.1, -0.05) is 17.8 Å². The first kappa shape index (κ1) is 26.8. The van der Waals surface area contributed by atoms with Gasteiger partial charge in [0.1, 0.15) is 4.83 Å². The number of ether oxygens (including phenoxy) is 1. The number of benzene rings is 1. The van der Waals surface area contributed by atoms with Crippen molar-refractivity contribution >= 4 is 50.6 Å². The van der Waals surface area contributed by atoms with Crippen LogP contribution < -0.4 is 15.8 Å². The number of nitrogens with zero attached hydrogens (tertiary/aromatic N) is 3. The van der Waals surface area contributed by atoms with E-state index in [0.29, 0.717) is 47.4 Å². The molecule has 1 saturated heterocycles. The number of thiophene rings is 1. The van der Waals surface area contributed by atoms with Gasteiger partial charge in [0.15, 0.2) is 5.16 Å². The van der Waals surface area contributed by atoms with Crippen LogP contribution in [0.3, 0.4) is 0 Å². The molecular weight excluding hydrogens is 537 g/mol. The largest absolute Gasteiger partial charge is 0.416 e. The van der Waals surface area contributed by atoms with Crippen molar-refractivity contribution in [1.29, 1.82) is 0 Å². The lowest BCUT2D eigenvalue weighted by Gasteiger charge is -2.31. The predicted molar refractivity (Wildman–Crippen MR) is 145 cm³/mol. The van der Waals surface area contributed by atoms with Crippen molar-refractivity contribution in [2.45, 2.75) is 43.6 Å². The summed E-state index contributed by atoms with van der Waals surface area (Å²) in [5.74, 6) is -0.618. The number of carbonyl (C=O) groups is 1. The van der Waals surface area contributed by atoms with Gasteiger partial charge in [0.25, 0.3) is 5.56 Å². The Labute approximate surface area is 225 Å². The lowest BCUT2D eigenvalue weighted by atomic mass is 9.97. The summed E-state index contributed by atoms with van der Waals surface area (Å²) in [7, 11) is 0. The molecule has 38 heavy (non-hydrogen) atoms. The number of fused-ring (bicyclic) bond motifs is 3. The highest BCUT2D eigenvalue weighted by molar-refractivity contribution is 7.99. The molecular formula is C26H27F3N4O3S2. The number of anilines is 2. The van der Waals surface area contributed by atoms with Crippen molar-refractivity contribution < 1.29 is 22.7 Å². The highest BCUT2D eigenvalue weighted by atomic mass is 32.2. The molecule has 0 radical (unpaired) electrons. The molecule has 202 valence electrons. The van der Waals surface area contributed by atoms with Gasteiger partial charge in [-0.3, -0.25) is 14.2 Å². The van der Waals surface area contributed by atoms with Crippen LogP contribution in [-0.4, -0.2) is 47.5 Å². The van der Waals surface area contributed by atoms with Crippen molar-refractivity contribution in [2.75, 3.05) is 42.3 Å². The van der Waals surface area contributed by atoms with Crippen LogP contribution in [0.5, 0.6) is 0 Å². The summed E-state index contributed by atoms with van der Waals surface area (Å²) in [4.78, 5) is 34.8. The number of nitrogens with one attached hydrogen (secondary N) is 1. The van der Waals surface area contributed by atoms with E-state index in [4.69, 9.17) is 9.72 Å². The molecule has 1 N–H and O–H groups in total. The first-order chi connectivity index (χ1) is 18.3. The average Bonchev–Trinajstić information content (AvgIpc) is 3.28. The highest BCUT2D eigenvalue weighted by Crippen LogP contribution is 2.37. The van der Waals surface area contributed by atoms with Crippen LogP contribution in [0, 0.1) is 0 Å². The molecule has 0 bridgehead atoms. The molecule has 1 aliphatic heterocycles. The summed E-state index contributed by atoms with van der Waals surface area (Å²) in [5.41, 5.74) is 0.689. The van der Waals surface area contributed by atoms with Crippen LogP contribution in [-0.2, 0) is 35.1 Å². The SMILES string of the molecule is C=CCn1c(SCC(=O)Nc2cc(C(F)(F)F)ccc2N2CCOCC2)nc2sc3c(c2c1=O)CCCC3. The molecule has 0 atom stereocenters. The van der Waals surface area contributed by atoms with E-state index in [2.05, 4.69) is 11.9 Å². The third kappa shape index (κ3) is 5.48. The molecule has 1 amide bonds. The Kier molecular flexibility index (Phi) is 7.83. The van der Waals surface area contributed by atoms with E-state index in [1.54, 1.807) is 6.08 Å². The number of aryl methyl sites for hydroxylation is 2. The van der Waals surface area contributed by atoms with Crippen LogP contribution in [0.15, 0.2) is 40.8 Å². The van der Waals surface area contributed by atoms with Crippen molar-refractivity contribution in [3.05, 3.63) is 57.2 Å². The molecule has 5 rings (SSSR count). The van der Waals surface area contributed by atoms with Crippen LogP contribution in [0.1, 0.15) is 28.8 Å². The number of morpholine rings is 1. The highest BCUT2D eigenvalue weighted by Gasteiger charge is 2.32. The predicted octanol–water partition coefficient (Wildman–Crippen LogP) is 5.11. The van der Waals surface area contributed by atoms with Crippen LogP contribution in [0.2, 0.25) is 0 Å². The van der Waals surface area contributed by atoms with Crippen LogP contribution in [0.25, 0.3) is 10.2 Å². The van der Waals surface area contributed by atoms with Gasteiger partial charge in [0, 0.05) is 24.5 Å². The van der Waals surface area contributed by atoms with Crippen molar-refractivity contribution in [3.63, 3.8) is 0 Å². The smallest absolute Gasteiger partial charge is 0.378 e. The molecule has 3 heterocycles. The Morgan fingerprint density at radius 3 is 2.74 bits per heavy atom. The second kappa shape index (κ2) is 11.1. The van der Waals surface area contributed by atoms with E-state index in [0.717, 1.165) is 55.1 Å². The Balaban J connectivity index is 1.40. The Hall–Kier alpha value is -2.83. The average molecular weight is 565 g/mol. The number of carbonyl (C=O) groups excluding carboxylic acids is 1. The molecule has 3 aromatic rings. The number of rotatable bonds is 7. The quantitative estimate of drug-likeness (QED) is 0.244. The molecule has 0 saturated carbocycles. The first-order valence-corrected chi connectivity index (χ1v) is 14.2. The molecule has 12 heteroatoms. The molecule has 1 aliphatic carbocycles. The van der Waals surface area contributed by atoms with Gasteiger partial charge >= 0.3 is 6.18 Å². The van der Waals surface area contributed by atoms with Gasteiger partial charge in [-0.15, -0.1) is 17.9 Å². The zero-order valence-electron chi connectivity index (χ0n) is 20.6. The summed E-state index contributed by atoms with van der Waals surface area (Å²) < 4.78 is 47.1. The molecule has 0 unspecified atom stereocenters. The first-order valence-electron chi connectivity index (χ1n) is 12.4. The zero-order chi connectivity index (χ0) is 26.9. The van der Waals surface area contributed by atoms with E-state index in [1.807, 2.05) is 4.90 Å². The summed E-state index contributed by atoms with van der Waals surface area (Å²) in [6.45, 7) is 5.90. The number of hydrogen-bond donors (Lipinski definition) is 1. The minimum Gasteiger partial charge on any atom is -0.378 e. The second-order valence-electron chi connectivity index (χ2n) is 9.16. The monoisotopic (exact) mass is 564 g/mol. The third-order valence-corrected chi connectivity index (χ3v) is 8.80. The summed E-state index contributed by atoms with van der Waals surface area (Å²) in [6, 6.07) is 3.36. The van der Waals surface area contributed by atoms with E-state index in [9.17, 15) is 22.8 Å². The Morgan fingerprint density at radius 2 is 2.00 bits per heavy atom. The van der Waals surface area contributed by atoms with Gasteiger partial charge in [0.2, 0.25) is 5.91 Å². The number of hydrogen-bond acceptors (Lipinski definition) is 7. The van der Waals surface area contributed by atoms with E-state index >= 15 is 0 Å². The molecule has 1 aromatic carbocycles. The normalized spacial score (nSPS) is 15.9. The summed E-state index contributed by atoms with van der Waals surface area (Å²) in [6.07, 6.45) is 0.984. The maximum atomic E-state index is 13.4. The zero-order valence-corrected chi connectivity index (χ0v) is 22.2. The van der Waals surface area contributed by atoms with Gasteiger partial charge in [-0.25, -0.2) is 4.98 Å². The number of allylic oxidation sites excluding steroid dienone is 1. The van der Waals surface area contributed by atoms with Gasteiger partial charge in [-0.05, 0) is 49.4 Å². The minimum absolute atomic E-state index is 0.0881. The van der Waals surface area contributed by atoms with Crippen molar-refractivity contribution in [3.8, 4) is 0 Å². The van der Waals surface area contributed by atoms with Crippen LogP contribution in [0.4, 0.5) is 24.5 Å².